The summed E-state index contributed by atoms with van der Waals surface area (Å²) in [6, 6.07) is 8.74. The molecule has 0 aliphatic rings. The Hall–Kier alpha value is -2.08. The number of hydrogen-bond donors (Lipinski definition) is 1. The summed E-state index contributed by atoms with van der Waals surface area (Å²) in [5.41, 5.74) is 0.871. The van der Waals surface area contributed by atoms with Gasteiger partial charge in [0.1, 0.15) is 6.61 Å². The number of rotatable bonds is 7. The third-order valence-corrected chi connectivity index (χ3v) is 2.72. The van der Waals surface area contributed by atoms with Gasteiger partial charge in [-0.2, -0.15) is 0 Å². The molecule has 0 saturated carbocycles. The van der Waals surface area contributed by atoms with Crippen LogP contribution in [0.3, 0.4) is 0 Å². The minimum Gasteiger partial charge on any atom is -0.550 e. The standard InChI is InChI=1S/C15H22N2O4/c1-17(2,3)10-13(9-14(18)19)16-15(20)21-11-12-7-5-4-6-8-12/h4-8,13H,9-11H2,1-3H3,(H-,16,18,19,20)/t13-/m1/s1. The zero-order chi connectivity index (χ0) is 15.9. The van der Waals surface area contributed by atoms with E-state index in [0.29, 0.717) is 11.0 Å². The third-order valence-electron chi connectivity index (χ3n) is 2.72. The number of nitrogens with one attached hydrogen (secondary N) is 1. The Labute approximate surface area is 124 Å². The quantitative estimate of drug-likeness (QED) is 0.725. The number of carboxylic acids is 1. The molecular weight excluding hydrogens is 272 g/mol. The first-order valence-electron chi connectivity index (χ1n) is 6.74. The Kier molecular flexibility index (Phi) is 6.17. The van der Waals surface area contributed by atoms with Gasteiger partial charge in [-0.15, -0.1) is 0 Å². The Balaban J connectivity index is 2.49. The second-order valence-electron chi connectivity index (χ2n) is 5.95. The molecule has 1 rings (SSSR count). The van der Waals surface area contributed by atoms with Crippen molar-refractivity contribution in [2.24, 2.45) is 0 Å². The summed E-state index contributed by atoms with van der Waals surface area (Å²) in [6.07, 6.45) is -0.866. The average molecular weight is 294 g/mol. The van der Waals surface area contributed by atoms with Crippen LogP contribution >= 0.6 is 0 Å². The van der Waals surface area contributed by atoms with Crippen LogP contribution in [-0.2, 0) is 16.1 Å². The molecular formula is C15H22N2O4. The van der Waals surface area contributed by atoms with Crippen LogP contribution in [0.4, 0.5) is 4.79 Å². The summed E-state index contributed by atoms with van der Waals surface area (Å²) < 4.78 is 5.61. The van der Waals surface area contributed by atoms with E-state index < -0.39 is 18.1 Å². The lowest BCUT2D eigenvalue weighted by atomic mass is 10.2. The molecule has 0 unspecified atom stereocenters. The molecule has 0 radical (unpaired) electrons. The van der Waals surface area contributed by atoms with Gasteiger partial charge in [0.25, 0.3) is 0 Å². The molecule has 0 aliphatic heterocycles. The number of carbonyl (C=O) groups excluding carboxylic acids is 2. The fraction of sp³-hybridized carbons (Fsp3) is 0.467. The van der Waals surface area contributed by atoms with E-state index in [1.165, 1.54) is 0 Å². The zero-order valence-electron chi connectivity index (χ0n) is 12.7. The van der Waals surface area contributed by atoms with Crippen molar-refractivity contribution in [1.29, 1.82) is 0 Å². The van der Waals surface area contributed by atoms with E-state index in [0.717, 1.165) is 5.56 Å². The number of alkyl carbamates (subject to hydrolysis) is 1. The Morgan fingerprint density at radius 3 is 2.38 bits per heavy atom. The minimum absolute atomic E-state index is 0.148. The number of carboxylic acid groups (broad SMARTS) is 1. The van der Waals surface area contributed by atoms with Crippen LogP contribution in [0.1, 0.15) is 12.0 Å². The predicted octanol–water partition coefficient (Wildman–Crippen LogP) is 0.128. The monoisotopic (exact) mass is 294 g/mol. The molecule has 1 amide bonds. The minimum atomic E-state index is -1.20. The smallest absolute Gasteiger partial charge is 0.407 e. The Morgan fingerprint density at radius 2 is 1.86 bits per heavy atom. The maximum atomic E-state index is 11.7. The normalized spacial score (nSPS) is 12.5. The molecule has 1 atom stereocenters. The van der Waals surface area contributed by atoms with E-state index in [1.54, 1.807) is 0 Å². The molecule has 1 N–H and O–H groups in total. The first kappa shape index (κ1) is 17.0. The lowest BCUT2D eigenvalue weighted by molar-refractivity contribution is -0.871. The number of hydrogen-bond acceptors (Lipinski definition) is 4. The van der Waals surface area contributed by atoms with E-state index in [1.807, 2.05) is 51.5 Å². The van der Waals surface area contributed by atoms with Crippen molar-refractivity contribution < 1.29 is 23.9 Å². The van der Waals surface area contributed by atoms with Gasteiger partial charge in [0.2, 0.25) is 0 Å². The summed E-state index contributed by atoms with van der Waals surface area (Å²) >= 11 is 0. The molecule has 0 heterocycles. The van der Waals surface area contributed by atoms with Gasteiger partial charge in [0.05, 0.1) is 33.7 Å². The largest absolute Gasteiger partial charge is 0.550 e. The fourth-order valence-electron chi connectivity index (χ4n) is 1.96. The summed E-state index contributed by atoms with van der Waals surface area (Å²) in [5.74, 6) is -1.20. The summed E-state index contributed by atoms with van der Waals surface area (Å²) in [6.45, 7) is 0.615. The molecule has 0 aromatic heterocycles. The highest BCUT2D eigenvalue weighted by Crippen LogP contribution is 2.03. The number of benzene rings is 1. The molecule has 0 fully saturated rings. The number of ether oxygens (including phenoxy) is 1. The van der Waals surface area contributed by atoms with Gasteiger partial charge in [0, 0.05) is 12.4 Å². The highest BCUT2D eigenvalue weighted by Gasteiger charge is 2.21. The van der Waals surface area contributed by atoms with E-state index in [2.05, 4.69) is 5.32 Å². The number of carbonyl (C=O) groups is 2. The van der Waals surface area contributed by atoms with Gasteiger partial charge >= 0.3 is 6.09 Å². The Morgan fingerprint density at radius 1 is 1.24 bits per heavy atom. The first-order chi connectivity index (χ1) is 9.76. The van der Waals surface area contributed by atoms with Gasteiger partial charge < -0.3 is 24.4 Å². The lowest BCUT2D eigenvalue weighted by Crippen LogP contribution is -2.50. The third kappa shape index (κ3) is 7.94. The van der Waals surface area contributed by atoms with Gasteiger partial charge in [-0.05, 0) is 5.56 Å². The molecule has 6 heteroatoms. The topological polar surface area (TPSA) is 78.5 Å². The van der Waals surface area contributed by atoms with Crippen molar-refractivity contribution in [3.05, 3.63) is 35.9 Å². The lowest BCUT2D eigenvalue weighted by Gasteiger charge is -2.29. The van der Waals surface area contributed by atoms with Crippen LogP contribution in [0, 0.1) is 0 Å². The van der Waals surface area contributed by atoms with Crippen LogP contribution in [0.5, 0.6) is 0 Å². The second kappa shape index (κ2) is 7.64. The van der Waals surface area contributed by atoms with Crippen LogP contribution in [0.2, 0.25) is 0 Å². The fourth-order valence-corrected chi connectivity index (χ4v) is 1.96. The zero-order valence-corrected chi connectivity index (χ0v) is 12.7. The van der Waals surface area contributed by atoms with Crippen LogP contribution in [0.15, 0.2) is 30.3 Å². The highest BCUT2D eigenvalue weighted by molar-refractivity contribution is 5.70. The molecule has 6 nitrogen and oxygen atoms in total. The van der Waals surface area contributed by atoms with Crippen LogP contribution < -0.4 is 10.4 Å². The van der Waals surface area contributed by atoms with Crippen molar-refractivity contribution >= 4 is 12.1 Å². The number of aliphatic carboxylic acids is 1. The van der Waals surface area contributed by atoms with Crippen molar-refractivity contribution in [1.82, 2.24) is 5.32 Å². The number of nitrogens with zero attached hydrogens (tertiary/aromatic N) is 1. The maximum Gasteiger partial charge on any atom is 0.407 e. The van der Waals surface area contributed by atoms with E-state index in [-0.39, 0.29) is 13.0 Å². The van der Waals surface area contributed by atoms with Crippen molar-refractivity contribution in [2.45, 2.75) is 19.1 Å². The van der Waals surface area contributed by atoms with Gasteiger partial charge in [-0.25, -0.2) is 4.79 Å². The van der Waals surface area contributed by atoms with E-state index >= 15 is 0 Å². The summed E-state index contributed by atoms with van der Waals surface area (Å²) in [4.78, 5) is 22.5. The molecule has 116 valence electrons. The SMILES string of the molecule is C[N+](C)(C)C[C@@H](CC(=O)[O-])NC(=O)OCc1ccccc1. The van der Waals surface area contributed by atoms with Crippen molar-refractivity contribution in [2.75, 3.05) is 27.7 Å². The second-order valence-corrected chi connectivity index (χ2v) is 5.95. The van der Waals surface area contributed by atoms with E-state index in [9.17, 15) is 14.7 Å². The maximum absolute atomic E-state index is 11.7. The average Bonchev–Trinajstić information content (AvgIpc) is 2.34. The number of likely N-dealkylation sites (N-methyl/N-ethyl adjacent to an activating group) is 1. The molecule has 0 saturated heterocycles. The number of amides is 1. The molecule has 21 heavy (non-hydrogen) atoms. The van der Waals surface area contributed by atoms with Gasteiger partial charge in [-0.3, -0.25) is 0 Å². The van der Waals surface area contributed by atoms with Crippen LogP contribution in [0.25, 0.3) is 0 Å². The molecule has 1 aromatic carbocycles. The van der Waals surface area contributed by atoms with Crippen molar-refractivity contribution in [3.8, 4) is 0 Å². The Bertz CT molecular complexity index is 468. The number of quaternary nitrogens is 1. The molecule has 0 spiro atoms. The summed E-state index contributed by atoms with van der Waals surface area (Å²) in [5, 5.41) is 13.3. The molecule has 0 aliphatic carbocycles. The summed E-state index contributed by atoms with van der Waals surface area (Å²) in [7, 11) is 5.75. The van der Waals surface area contributed by atoms with Gasteiger partial charge in [-0.1, -0.05) is 30.3 Å². The van der Waals surface area contributed by atoms with E-state index in [4.69, 9.17) is 4.74 Å². The molecule has 0 bridgehead atoms. The van der Waals surface area contributed by atoms with Gasteiger partial charge in [0.15, 0.2) is 0 Å². The molecule has 1 aromatic rings. The highest BCUT2D eigenvalue weighted by atomic mass is 16.5. The first-order valence-corrected chi connectivity index (χ1v) is 6.74. The predicted molar refractivity (Wildman–Crippen MR) is 76.1 cm³/mol. The van der Waals surface area contributed by atoms with Crippen molar-refractivity contribution in [3.63, 3.8) is 0 Å². The van der Waals surface area contributed by atoms with Crippen LogP contribution in [-0.4, -0.2) is 50.3 Å².